The van der Waals surface area contributed by atoms with Crippen molar-refractivity contribution >= 4 is 40.1 Å². The average Bonchev–Trinajstić information content (AvgIpc) is 2.99. The van der Waals surface area contributed by atoms with Crippen molar-refractivity contribution in [3.05, 3.63) is 88.5 Å². The van der Waals surface area contributed by atoms with Crippen LogP contribution in [0.1, 0.15) is 63.6 Å². The molecule has 194 valence electrons. The number of carbonyl (C=O) groups is 2. The summed E-state index contributed by atoms with van der Waals surface area (Å²) in [6.45, 7) is 7.15. The molecule has 0 unspecified atom stereocenters. The van der Waals surface area contributed by atoms with E-state index in [9.17, 15) is 13.8 Å². The van der Waals surface area contributed by atoms with Gasteiger partial charge in [0.25, 0.3) is 11.8 Å². The molecule has 1 atom stereocenters. The highest BCUT2D eigenvalue weighted by Crippen LogP contribution is 2.36. The van der Waals surface area contributed by atoms with Gasteiger partial charge in [0.2, 0.25) is 0 Å². The Morgan fingerprint density at radius 1 is 0.973 bits per heavy atom. The molecule has 3 aromatic rings. The summed E-state index contributed by atoms with van der Waals surface area (Å²) in [6, 6.07) is 18.4. The SMILES string of the molecule is CCCCSCCCNC(=O)c1ccc2c(c1)N(Cc1cc(C)ccc1C)C(=O)c1ccccc1[S@@]2=O. The predicted octanol–water partition coefficient (Wildman–Crippen LogP) is 6.28. The Morgan fingerprint density at radius 3 is 2.57 bits per heavy atom. The molecular weight excluding hydrogens is 500 g/mol. The van der Waals surface area contributed by atoms with Gasteiger partial charge in [-0.15, -0.1) is 0 Å². The van der Waals surface area contributed by atoms with Crippen molar-refractivity contribution in [1.82, 2.24) is 5.32 Å². The van der Waals surface area contributed by atoms with Gasteiger partial charge in [-0.3, -0.25) is 9.59 Å². The lowest BCUT2D eigenvalue weighted by Crippen LogP contribution is -2.31. The van der Waals surface area contributed by atoms with E-state index < -0.39 is 10.8 Å². The third kappa shape index (κ3) is 6.33. The highest BCUT2D eigenvalue weighted by Gasteiger charge is 2.31. The average molecular weight is 535 g/mol. The van der Waals surface area contributed by atoms with Gasteiger partial charge in [0.1, 0.15) is 0 Å². The van der Waals surface area contributed by atoms with Gasteiger partial charge in [-0.05, 0) is 79.7 Å². The minimum Gasteiger partial charge on any atom is -0.352 e. The number of anilines is 1. The molecule has 1 aliphatic heterocycles. The van der Waals surface area contributed by atoms with E-state index in [-0.39, 0.29) is 11.8 Å². The molecule has 0 aromatic heterocycles. The molecule has 0 radical (unpaired) electrons. The van der Waals surface area contributed by atoms with Crippen LogP contribution in [0.5, 0.6) is 0 Å². The Hall–Kier alpha value is -2.90. The number of benzene rings is 3. The lowest BCUT2D eigenvalue weighted by atomic mass is 10.0. The second kappa shape index (κ2) is 12.6. The molecule has 37 heavy (non-hydrogen) atoms. The van der Waals surface area contributed by atoms with Crippen LogP contribution in [0.2, 0.25) is 0 Å². The first-order valence-corrected chi connectivity index (χ1v) is 15.1. The number of rotatable bonds is 10. The van der Waals surface area contributed by atoms with Gasteiger partial charge < -0.3 is 10.2 Å². The summed E-state index contributed by atoms with van der Waals surface area (Å²) < 4.78 is 13.6. The number of carbonyl (C=O) groups excluding carboxylic acids is 2. The molecule has 1 aliphatic rings. The van der Waals surface area contributed by atoms with Crippen LogP contribution in [-0.2, 0) is 17.3 Å². The number of nitrogens with one attached hydrogen (secondary N) is 1. The standard InChI is InChI=1S/C30H34N2O3S2/c1-4-5-16-36-17-8-15-31-29(33)23-13-14-28-26(19-23)32(20-24-18-21(2)11-12-22(24)3)30(34)25-9-6-7-10-27(25)37(28)35/h6-7,9-14,18-19H,4-5,8,15-17,20H2,1-3H3,(H,31,33)/t37-/m0/s1. The number of thioether (sulfide) groups is 1. The molecule has 1 N–H and O–H groups in total. The molecule has 0 fully saturated rings. The molecular formula is C30H34N2O3S2. The van der Waals surface area contributed by atoms with Gasteiger partial charge in [0.15, 0.2) is 0 Å². The first-order valence-electron chi connectivity index (χ1n) is 12.8. The van der Waals surface area contributed by atoms with Crippen LogP contribution in [0.4, 0.5) is 5.69 Å². The van der Waals surface area contributed by atoms with Crippen LogP contribution in [0.15, 0.2) is 70.5 Å². The fourth-order valence-corrected chi connectivity index (χ4v) is 6.72. The summed E-state index contributed by atoms with van der Waals surface area (Å²) >= 11 is 1.91. The van der Waals surface area contributed by atoms with E-state index in [1.807, 2.05) is 37.7 Å². The fraction of sp³-hybridized carbons (Fsp3) is 0.333. The van der Waals surface area contributed by atoms with E-state index in [0.29, 0.717) is 39.7 Å². The molecule has 2 amide bonds. The summed E-state index contributed by atoms with van der Waals surface area (Å²) in [4.78, 5) is 29.5. The largest absolute Gasteiger partial charge is 0.352 e. The van der Waals surface area contributed by atoms with Gasteiger partial charge in [0.05, 0.1) is 38.4 Å². The van der Waals surface area contributed by atoms with E-state index in [1.165, 1.54) is 12.8 Å². The predicted molar refractivity (Wildman–Crippen MR) is 153 cm³/mol. The minimum absolute atomic E-state index is 0.187. The minimum atomic E-state index is -1.55. The second-order valence-corrected chi connectivity index (χ2v) is 12.0. The number of aryl methyl sites for hydroxylation is 2. The summed E-state index contributed by atoms with van der Waals surface area (Å²) in [5.74, 6) is 1.76. The summed E-state index contributed by atoms with van der Waals surface area (Å²) in [6.07, 6.45) is 3.32. The zero-order valence-electron chi connectivity index (χ0n) is 21.7. The topological polar surface area (TPSA) is 66.5 Å². The van der Waals surface area contributed by atoms with Crippen LogP contribution in [0, 0.1) is 13.8 Å². The zero-order valence-corrected chi connectivity index (χ0v) is 23.3. The molecule has 7 heteroatoms. The number of fused-ring (bicyclic) bond motifs is 2. The van der Waals surface area contributed by atoms with Gasteiger partial charge in [-0.25, -0.2) is 4.21 Å². The maximum absolute atomic E-state index is 13.8. The molecule has 5 nitrogen and oxygen atoms in total. The van der Waals surface area contributed by atoms with E-state index in [4.69, 9.17) is 0 Å². The molecule has 0 bridgehead atoms. The van der Waals surface area contributed by atoms with Crippen molar-refractivity contribution in [2.45, 2.75) is 56.4 Å². The molecule has 0 saturated heterocycles. The van der Waals surface area contributed by atoms with E-state index in [2.05, 4.69) is 18.3 Å². The molecule has 1 heterocycles. The summed E-state index contributed by atoms with van der Waals surface area (Å²) in [5.41, 5.74) is 4.59. The summed E-state index contributed by atoms with van der Waals surface area (Å²) in [7, 11) is -1.55. The van der Waals surface area contributed by atoms with Gasteiger partial charge >= 0.3 is 0 Å². The lowest BCUT2D eigenvalue weighted by molar-refractivity contribution is 0.0950. The van der Waals surface area contributed by atoms with Gasteiger partial charge in [-0.2, -0.15) is 11.8 Å². The third-order valence-corrected chi connectivity index (χ3v) is 9.16. The highest BCUT2D eigenvalue weighted by molar-refractivity contribution is 7.99. The molecule has 0 saturated carbocycles. The normalized spacial score (nSPS) is 14.6. The van der Waals surface area contributed by atoms with E-state index in [1.54, 1.807) is 47.4 Å². The van der Waals surface area contributed by atoms with Crippen molar-refractivity contribution in [2.75, 3.05) is 23.0 Å². The Balaban J connectivity index is 1.64. The third-order valence-electron chi connectivity index (χ3n) is 6.50. The van der Waals surface area contributed by atoms with Crippen molar-refractivity contribution in [1.29, 1.82) is 0 Å². The highest BCUT2D eigenvalue weighted by atomic mass is 32.2. The smallest absolute Gasteiger partial charge is 0.259 e. The summed E-state index contributed by atoms with van der Waals surface area (Å²) in [5, 5.41) is 3.00. The van der Waals surface area contributed by atoms with E-state index >= 15 is 0 Å². The lowest BCUT2D eigenvalue weighted by Gasteiger charge is -2.24. The van der Waals surface area contributed by atoms with Crippen LogP contribution >= 0.6 is 11.8 Å². The fourth-order valence-electron chi connectivity index (χ4n) is 4.33. The molecule has 3 aromatic carbocycles. The maximum Gasteiger partial charge on any atom is 0.259 e. The Kier molecular flexibility index (Phi) is 9.22. The van der Waals surface area contributed by atoms with Crippen LogP contribution in [0.25, 0.3) is 0 Å². The second-order valence-electron chi connectivity index (χ2n) is 9.34. The van der Waals surface area contributed by atoms with E-state index in [0.717, 1.165) is 34.6 Å². The monoisotopic (exact) mass is 534 g/mol. The van der Waals surface area contributed by atoms with Gasteiger partial charge in [-0.1, -0.05) is 49.2 Å². The Bertz CT molecular complexity index is 1320. The number of unbranched alkanes of at least 4 members (excludes halogenated alkanes) is 1. The van der Waals surface area contributed by atoms with Crippen LogP contribution in [0.3, 0.4) is 0 Å². The van der Waals surface area contributed by atoms with Gasteiger partial charge in [0, 0.05) is 12.1 Å². The number of hydrogen-bond donors (Lipinski definition) is 1. The Morgan fingerprint density at radius 2 is 1.76 bits per heavy atom. The quantitative estimate of drug-likeness (QED) is 0.311. The molecule has 4 rings (SSSR count). The maximum atomic E-state index is 13.8. The molecule has 0 spiro atoms. The first-order chi connectivity index (χ1) is 17.9. The van der Waals surface area contributed by atoms with Crippen molar-refractivity contribution < 1.29 is 13.8 Å². The Labute approximate surface area is 226 Å². The molecule has 0 aliphatic carbocycles. The number of amides is 2. The number of nitrogens with zero attached hydrogens (tertiary/aromatic N) is 1. The van der Waals surface area contributed by atoms with Crippen molar-refractivity contribution in [3.8, 4) is 0 Å². The van der Waals surface area contributed by atoms with Crippen molar-refractivity contribution in [3.63, 3.8) is 0 Å². The van der Waals surface area contributed by atoms with Crippen LogP contribution < -0.4 is 10.2 Å². The number of hydrogen-bond acceptors (Lipinski definition) is 4. The zero-order chi connectivity index (χ0) is 26.4. The van der Waals surface area contributed by atoms with Crippen molar-refractivity contribution in [2.24, 2.45) is 0 Å². The first kappa shape index (κ1) is 27.1. The van der Waals surface area contributed by atoms with Crippen LogP contribution in [-0.4, -0.2) is 34.1 Å².